The summed E-state index contributed by atoms with van der Waals surface area (Å²) in [5.41, 5.74) is 5.16. The lowest BCUT2D eigenvalue weighted by molar-refractivity contribution is -0.127. The van der Waals surface area contributed by atoms with Crippen molar-refractivity contribution in [2.45, 2.75) is 81.8 Å². The summed E-state index contributed by atoms with van der Waals surface area (Å²) in [4.78, 5) is 20.9. The van der Waals surface area contributed by atoms with Gasteiger partial charge in [-0.1, -0.05) is 40.5 Å². The molecule has 9 heteroatoms. The van der Waals surface area contributed by atoms with Gasteiger partial charge >= 0.3 is 5.97 Å². The summed E-state index contributed by atoms with van der Waals surface area (Å²) in [6.07, 6.45) is 11.1. The van der Waals surface area contributed by atoms with Gasteiger partial charge in [-0.15, -0.1) is 0 Å². The second-order valence-corrected chi connectivity index (χ2v) is 12.5. The van der Waals surface area contributed by atoms with Gasteiger partial charge in [0.15, 0.2) is 0 Å². The van der Waals surface area contributed by atoms with Gasteiger partial charge in [0.05, 0.1) is 33.3 Å². The third-order valence-electron chi connectivity index (χ3n) is 9.39. The Balaban J connectivity index is 1.13. The van der Waals surface area contributed by atoms with E-state index < -0.39 is 5.97 Å². The predicted octanol–water partition coefficient (Wildman–Crippen LogP) is 8.04. The van der Waals surface area contributed by atoms with Crippen molar-refractivity contribution in [3.8, 4) is 11.3 Å². The van der Waals surface area contributed by atoms with Gasteiger partial charge in [0.1, 0.15) is 11.5 Å². The predicted molar refractivity (Wildman–Crippen MR) is 152 cm³/mol. The first-order valence-corrected chi connectivity index (χ1v) is 14.6. The molecular weight excluding hydrogens is 549 g/mol. The second-order valence-electron chi connectivity index (χ2n) is 11.7. The number of hydrogen-bond acceptors (Lipinski definition) is 6. The average Bonchev–Trinajstić information content (AvgIpc) is 3.72. The smallest absolute Gasteiger partial charge is 0.336 e. The molecule has 0 atom stereocenters. The Morgan fingerprint density at radius 3 is 2.40 bits per heavy atom. The molecule has 0 unspecified atom stereocenters. The molecule has 2 bridgehead atoms. The van der Waals surface area contributed by atoms with E-state index in [2.05, 4.69) is 10.1 Å². The minimum absolute atomic E-state index is 0.00934. The van der Waals surface area contributed by atoms with Crippen molar-refractivity contribution in [1.29, 1.82) is 0 Å². The second kappa shape index (κ2) is 9.54. The molecule has 1 N–H and O–H groups in total. The third kappa shape index (κ3) is 4.21. The van der Waals surface area contributed by atoms with Gasteiger partial charge < -0.3 is 14.4 Å². The summed E-state index contributed by atoms with van der Waals surface area (Å²) >= 11 is 13.0. The zero-order chi connectivity index (χ0) is 27.6. The average molecular weight is 578 g/mol. The van der Waals surface area contributed by atoms with Crippen LogP contribution in [-0.4, -0.2) is 31.8 Å². The van der Waals surface area contributed by atoms with Crippen molar-refractivity contribution in [1.82, 2.24) is 15.1 Å². The Labute approximate surface area is 241 Å². The fourth-order valence-corrected chi connectivity index (χ4v) is 7.32. The van der Waals surface area contributed by atoms with Gasteiger partial charge in [-0.2, -0.15) is 0 Å². The summed E-state index contributed by atoms with van der Waals surface area (Å²) in [6, 6.07) is 7.50. The van der Waals surface area contributed by atoms with Crippen molar-refractivity contribution in [2.24, 2.45) is 0 Å². The SMILES string of the molecule is Cc1ccc(C(=O)O)c2ccc(C34CCC(OCc5c(-c6c(Cl)cncc6Cl)noc5C5CC5)(CC3)CC4)nc12. The summed E-state index contributed by atoms with van der Waals surface area (Å²) in [5, 5.41) is 15.6. The molecule has 4 fully saturated rings. The standard InChI is InChI=1S/C31H29Cl2N3O4/c1-17-2-5-20(29(37)38)19-6-7-24(35-26(17)19)30-8-11-31(12-9-30,13-10-30)39-16-21-27(36-40-28(21)18-3-4-18)25-22(32)14-34-15-23(25)33/h2,5-7,14-15,18H,3-4,8-13,16H2,1H3,(H,37,38). The third-order valence-corrected chi connectivity index (χ3v) is 9.96. The molecule has 4 aromatic rings. The number of aromatic carboxylic acids is 1. The van der Waals surface area contributed by atoms with Gasteiger partial charge in [-0.3, -0.25) is 9.97 Å². The van der Waals surface area contributed by atoms with Crippen LogP contribution in [0.3, 0.4) is 0 Å². The molecule has 8 rings (SSSR count). The normalized spacial score (nSPS) is 24.1. The van der Waals surface area contributed by atoms with Crippen LogP contribution in [-0.2, 0) is 16.8 Å². The largest absolute Gasteiger partial charge is 0.478 e. The first-order valence-electron chi connectivity index (χ1n) is 13.9. The van der Waals surface area contributed by atoms with Crippen LogP contribution < -0.4 is 0 Å². The van der Waals surface area contributed by atoms with Crippen LogP contribution in [0, 0.1) is 6.92 Å². The van der Waals surface area contributed by atoms with E-state index in [1.807, 2.05) is 25.1 Å². The number of carboxylic acid groups (broad SMARTS) is 1. The molecule has 40 heavy (non-hydrogen) atoms. The molecule has 0 aliphatic heterocycles. The van der Waals surface area contributed by atoms with Gasteiger partial charge in [0.2, 0.25) is 0 Å². The van der Waals surface area contributed by atoms with E-state index >= 15 is 0 Å². The Bertz CT molecular complexity index is 1620. The van der Waals surface area contributed by atoms with Crippen LogP contribution in [0.2, 0.25) is 10.0 Å². The molecule has 4 aliphatic carbocycles. The van der Waals surface area contributed by atoms with Crippen molar-refractivity contribution in [3.05, 3.63) is 74.8 Å². The maximum atomic E-state index is 11.7. The van der Waals surface area contributed by atoms with Crippen LogP contribution in [0.5, 0.6) is 0 Å². The van der Waals surface area contributed by atoms with E-state index in [-0.39, 0.29) is 11.0 Å². The Morgan fingerprint density at radius 1 is 1.05 bits per heavy atom. The molecule has 1 aromatic carbocycles. The van der Waals surface area contributed by atoms with Crippen LogP contribution in [0.25, 0.3) is 22.2 Å². The number of hydrogen-bond donors (Lipinski definition) is 1. The number of nitrogens with zero attached hydrogens (tertiary/aromatic N) is 3. The topological polar surface area (TPSA) is 98.3 Å². The number of ether oxygens (including phenoxy) is 1. The van der Waals surface area contributed by atoms with Crippen molar-refractivity contribution >= 4 is 40.1 Å². The summed E-state index contributed by atoms with van der Waals surface area (Å²) < 4.78 is 12.6. The number of benzene rings is 1. The lowest BCUT2D eigenvalue weighted by Gasteiger charge is -2.53. The number of carboxylic acids is 1. The number of rotatable bonds is 7. The summed E-state index contributed by atoms with van der Waals surface area (Å²) in [7, 11) is 0. The highest BCUT2D eigenvalue weighted by molar-refractivity contribution is 6.38. The monoisotopic (exact) mass is 577 g/mol. The van der Waals surface area contributed by atoms with Crippen LogP contribution >= 0.6 is 23.2 Å². The van der Waals surface area contributed by atoms with Crippen LogP contribution in [0.15, 0.2) is 41.2 Å². The highest BCUT2D eigenvalue weighted by Crippen LogP contribution is 2.55. The van der Waals surface area contributed by atoms with E-state index in [0.717, 1.165) is 79.5 Å². The zero-order valence-corrected chi connectivity index (χ0v) is 23.7. The minimum atomic E-state index is -0.927. The Hall–Kier alpha value is -3.00. The van der Waals surface area contributed by atoms with Gasteiger partial charge in [0.25, 0.3) is 0 Å². The lowest BCUT2D eigenvalue weighted by Crippen LogP contribution is -2.50. The van der Waals surface area contributed by atoms with Gasteiger partial charge in [-0.25, -0.2) is 4.79 Å². The minimum Gasteiger partial charge on any atom is -0.478 e. The van der Waals surface area contributed by atoms with E-state index in [0.29, 0.717) is 44.8 Å². The number of pyridine rings is 2. The molecule has 0 radical (unpaired) electrons. The van der Waals surface area contributed by atoms with E-state index in [9.17, 15) is 9.90 Å². The zero-order valence-electron chi connectivity index (χ0n) is 22.2. The molecule has 0 spiro atoms. The molecule has 4 saturated carbocycles. The quantitative estimate of drug-likeness (QED) is 0.237. The maximum absolute atomic E-state index is 11.7. The fraction of sp³-hybridized carbons (Fsp3) is 0.419. The van der Waals surface area contributed by atoms with Gasteiger partial charge in [-0.05, 0) is 76.0 Å². The molecule has 3 aromatic heterocycles. The van der Waals surface area contributed by atoms with Gasteiger partial charge in [0, 0.05) is 45.9 Å². The number of fused-ring (bicyclic) bond motifs is 4. The molecular formula is C31H29Cl2N3O4. The van der Waals surface area contributed by atoms with E-state index in [4.69, 9.17) is 37.4 Å². The van der Waals surface area contributed by atoms with Crippen molar-refractivity contribution in [2.75, 3.05) is 0 Å². The molecule has 0 saturated heterocycles. The molecule has 4 aliphatic rings. The van der Waals surface area contributed by atoms with E-state index in [1.165, 1.54) is 0 Å². The number of halogens is 2. The summed E-state index contributed by atoms with van der Waals surface area (Å²) in [6.45, 7) is 2.39. The van der Waals surface area contributed by atoms with Crippen LogP contribution in [0.4, 0.5) is 0 Å². The van der Waals surface area contributed by atoms with Crippen LogP contribution in [0.1, 0.15) is 90.2 Å². The van der Waals surface area contributed by atoms with E-state index in [1.54, 1.807) is 18.5 Å². The molecule has 206 valence electrons. The van der Waals surface area contributed by atoms with Crippen molar-refractivity contribution in [3.63, 3.8) is 0 Å². The first kappa shape index (κ1) is 25.9. The lowest BCUT2D eigenvalue weighted by atomic mass is 9.57. The molecule has 0 amide bonds. The number of carbonyl (C=O) groups is 1. The highest BCUT2D eigenvalue weighted by atomic mass is 35.5. The molecule has 3 heterocycles. The first-order chi connectivity index (χ1) is 19.3. The number of aryl methyl sites for hydroxylation is 1. The van der Waals surface area contributed by atoms with Crippen molar-refractivity contribution < 1.29 is 19.2 Å². The number of aromatic nitrogens is 3. The Kier molecular flexibility index (Phi) is 6.18. The maximum Gasteiger partial charge on any atom is 0.336 e. The molecule has 7 nitrogen and oxygen atoms in total. The Morgan fingerprint density at radius 2 is 1.75 bits per heavy atom. The highest BCUT2D eigenvalue weighted by Gasteiger charge is 2.51. The fourth-order valence-electron chi connectivity index (χ4n) is 6.77. The summed E-state index contributed by atoms with van der Waals surface area (Å²) in [5.74, 6) is 0.322.